The Kier molecular flexibility index (Phi) is 2.23. The number of nitrogens with zero attached hydrogens (tertiary/aromatic N) is 2. The van der Waals surface area contributed by atoms with Gasteiger partial charge in [0.1, 0.15) is 0 Å². The molecule has 2 aliphatic carbocycles. The highest BCUT2D eigenvalue weighted by atomic mass is 14.4. The van der Waals surface area contributed by atoms with E-state index in [1.54, 1.807) is 0 Å². The maximum absolute atomic E-state index is 9.10. The van der Waals surface area contributed by atoms with Gasteiger partial charge >= 0.3 is 0 Å². The van der Waals surface area contributed by atoms with Crippen molar-refractivity contribution in [2.24, 2.45) is 5.92 Å². The van der Waals surface area contributed by atoms with Crippen LogP contribution in [0, 0.1) is 28.6 Å². The number of hydrogen-bond donors (Lipinski definition) is 0. The fourth-order valence-corrected chi connectivity index (χ4v) is 3.21. The van der Waals surface area contributed by atoms with E-state index in [0.717, 1.165) is 19.3 Å². The first-order valence-corrected chi connectivity index (χ1v) is 5.93. The van der Waals surface area contributed by atoms with Gasteiger partial charge in [-0.1, -0.05) is 24.3 Å². The Morgan fingerprint density at radius 2 is 1.65 bits per heavy atom. The summed E-state index contributed by atoms with van der Waals surface area (Å²) in [5.74, 6) is 0.983. The zero-order valence-electron chi connectivity index (χ0n) is 9.48. The SMILES string of the molecule is N#CC1=C(C#N)CC2c3ccccc3CC2C1. The van der Waals surface area contributed by atoms with E-state index in [9.17, 15) is 0 Å². The molecule has 0 bridgehead atoms. The Bertz CT molecular complexity index is 584. The second kappa shape index (κ2) is 3.75. The molecular weight excluding hydrogens is 208 g/mol. The third-order valence-electron chi connectivity index (χ3n) is 4.03. The summed E-state index contributed by atoms with van der Waals surface area (Å²) in [6.07, 6.45) is 2.59. The van der Waals surface area contributed by atoms with E-state index in [-0.39, 0.29) is 0 Å². The lowest BCUT2D eigenvalue weighted by molar-refractivity contribution is 0.433. The first-order chi connectivity index (χ1) is 8.33. The van der Waals surface area contributed by atoms with Gasteiger partial charge in [-0.2, -0.15) is 10.5 Å². The third-order valence-corrected chi connectivity index (χ3v) is 4.03. The van der Waals surface area contributed by atoms with E-state index in [1.165, 1.54) is 11.1 Å². The van der Waals surface area contributed by atoms with Crippen molar-refractivity contribution in [3.63, 3.8) is 0 Å². The van der Waals surface area contributed by atoms with E-state index < -0.39 is 0 Å². The Balaban J connectivity index is 2.02. The van der Waals surface area contributed by atoms with Crippen LogP contribution in [0.15, 0.2) is 35.4 Å². The summed E-state index contributed by atoms with van der Waals surface area (Å²) in [4.78, 5) is 0. The number of allylic oxidation sites excluding steroid dienone is 2. The fourth-order valence-electron chi connectivity index (χ4n) is 3.21. The number of nitriles is 2. The van der Waals surface area contributed by atoms with Gasteiger partial charge in [0.2, 0.25) is 0 Å². The zero-order valence-corrected chi connectivity index (χ0v) is 9.48. The zero-order chi connectivity index (χ0) is 11.8. The van der Waals surface area contributed by atoms with Crippen LogP contribution < -0.4 is 0 Å². The second-order valence-electron chi connectivity index (χ2n) is 4.86. The number of hydrogen-bond acceptors (Lipinski definition) is 2. The van der Waals surface area contributed by atoms with Crippen molar-refractivity contribution in [2.75, 3.05) is 0 Å². The molecule has 0 aliphatic heterocycles. The number of rotatable bonds is 0. The summed E-state index contributed by atoms with van der Waals surface area (Å²) in [5.41, 5.74) is 4.20. The average Bonchev–Trinajstić information content (AvgIpc) is 2.74. The van der Waals surface area contributed by atoms with Crippen molar-refractivity contribution in [1.29, 1.82) is 10.5 Å². The van der Waals surface area contributed by atoms with E-state index in [0.29, 0.717) is 23.0 Å². The fraction of sp³-hybridized carbons (Fsp3) is 0.333. The maximum Gasteiger partial charge on any atom is 0.0957 e. The summed E-state index contributed by atoms with van der Waals surface area (Å²) in [6.45, 7) is 0. The summed E-state index contributed by atoms with van der Waals surface area (Å²) < 4.78 is 0. The molecule has 0 aromatic heterocycles. The van der Waals surface area contributed by atoms with Crippen molar-refractivity contribution in [3.8, 4) is 12.1 Å². The van der Waals surface area contributed by atoms with Gasteiger partial charge < -0.3 is 0 Å². The predicted octanol–water partition coefficient (Wildman–Crippen LogP) is 3.08. The van der Waals surface area contributed by atoms with Crippen molar-refractivity contribution >= 4 is 0 Å². The molecule has 2 aliphatic rings. The van der Waals surface area contributed by atoms with Crippen molar-refractivity contribution in [2.45, 2.75) is 25.2 Å². The molecular formula is C15H12N2. The highest BCUT2D eigenvalue weighted by Crippen LogP contribution is 2.47. The van der Waals surface area contributed by atoms with Crippen molar-refractivity contribution < 1.29 is 0 Å². The van der Waals surface area contributed by atoms with E-state index in [2.05, 4.69) is 36.4 Å². The number of fused-ring (bicyclic) bond motifs is 3. The molecule has 1 aromatic carbocycles. The molecule has 1 aromatic rings. The van der Waals surface area contributed by atoms with Crippen LogP contribution in [0.5, 0.6) is 0 Å². The molecule has 82 valence electrons. The monoisotopic (exact) mass is 220 g/mol. The van der Waals surface area contributed by atoms with Crippen LogP contribution in [0.2, 0.25) is 0 Å². The molecule has 0 saturated heterocycles. The highest BCUT2D eigenvalue weighted by Gasteiger charge is 2.37. The molecule has 2 nitrogen and oxygen atoms in total. The largest absolute Gasteiger partial charge is 0.193 e. The minimum atomic E-state index is 0.456. The van der Waals surface area contributed by atoms with Gasteiger partial charge in [0.05, 0.1) is 12.1 Å². The third kappa shape index (κ3) is 1.46. The average molecular weight is 220 g/mol. The Labute approximate surface area is 101 Å². The molecule has 0 amide bonds. The Morgan fingerprint density at radius 1 is 0.941 bits per heavy atom. The first kappa shape index (κ1) is 10.1. The molecule has 0 saturated carbocycles. The molecule has 2 unspecified atom stereocenters. The van der Waals surface area contributed by atoms with E-state index in [1.807, 2.05) is 0 Å². The lowest BCUT2D eigenvalue weighted by Gasteiger charge is -2.25. The molecule has 0 N–H and O–H groups in total. The lowest BCUT2D eigenvalue weighted by Crippen LogP contribution is -2.15. The van der Waals surface area contributed by atoms with Gasteiger partial charge in [0.15, 0.2) is 0 Å². The highest BCUT2D eigenvalue weighted by molar-refractivity contribution is 5.46. The van der Waals surface area contributed by atoms with Crippen LogP contribution in [-0.4, -0.2) is 0 Å². The summed E-state index contributed by atoms with van der Waals surface area (Å²) in [5, 5.41) is 18.2. The summed E-state index contributed by atoms with van der Waals surface area (Å²) in [7, 11) is 0. The predicted molar refractivity (Wildman–Crippen MR) is 63.9 cm³/mol. The minimum absolute atomic E-state index is 0.456. The molecule has 2 heteroatoms. The van der Waals surface area contributed by atoms with Crippen LogP contribution in [0.4, 0.5) is 0 Å². The standard InChI is InChI=1S/C15H12N2/c16-8-12-6-11-5-10-3-1-2-4-14(10)15(11)7-13(12)9-17/h1-4,11,15H,5-7H2. The smallest absolute Gasteiger partial charge is 0.0957 e. The van der Waals surface area contributed by atoms with E-state index >= 15 is 0 Å². The minimum Gasteiger partial charge on any atom is -0.193 e. The topological polar surface area (TPSA) is 47.6 Å². The molecule has 0 spiro atoms. The van der Waals surface area contributed by atoms with Gasteiger partial charge in [-0.3, -0.25) is 0 Å². The van der Waals surface area contributed by atoms with Gasteiger partial charge in [-0.15, -0.1) is 0 Å². The second-order valence-corrected chi connectivity index (χ2v) is 4.86. The van der Waals surface area contributed by atoms with Crippen LogP contribution in [0.25, 0.3) is 0 Å². The van der Waals surface area contributed by atoms with Crippen LogP contribution in [0.1, 0.15) is 29.9 Å². The van der Waals surface area contributed by atoms with Crippen molar-refractivity contribution in [3.05, 3.63) is 46.5 Å². The van der Waals surface area contributed by atoms with E-state index in [4.69, 9.17) is 10.5 Å². The molecule has 0 heterocycles. The van der Waals surface area contributed by atoms with Crippen LogP contribution in [0.3, 0.4) is 0 Å². The molecule has 3 rings (SSSR count). The van der Waals surface area contributed by atoms with Gasteiger partial charge in [-0.25, -0.2) is 0 Å². The van der Waals surface area contributed by atoms with Crippen LogP contribution >= 0.6 is 0 Å². The Morgan fingerprint density at radius 3 is 2.41 bits per heavy atom. The van der Waals surface area contributed by atoms with Gasteiger partial charge in [0, 0.05) is 11.1 Å². The molecule has 2 atom stereocenters. The summed E-state index contributed by atoms with van der Waals surface area (Å²) >= 11 is 0. The van der Waals surface area contributed by atoms with Crippen molar-refractivity contribution in [1.82, 2.24) is 0 Å². The summed E-state index contributed by atoms with van der Waals surface area (Å²) in [6, 6.07) is 12.9. The van der Waals surface area contributed by atoms with Gasteiger partial charge in [-0.05, 0) is 42.2 Å². The first-order valence-electron chi connectivity index (χ1n) is 5.93. The molecule has 0 radical (unpaired) electrons. The quantitative estimate of drug-likeness (QED) is 0.674. The van der Waals surface area contributed by atoms with Gasteiger partial charge in [0.25, 0.3) is 0 Å². The normalized spacial score (nSPS) is 25.8. The Hall–Kier alpha value is -2.06. The van der Waals surface area contributed by atoms with Crippen LogP contribution in [-0.2, 0) is 6.42 Å². The molecule has 0 fully saturated rings. The number of benzene rings is 1. The lowest BCUT2D eigenvalue weighted by atomic mass is 9.77. The maximum atomic E-state index is 9.10. The molecule has 17 heavy (non-hydrogen) atoms.